The maximum absolute atomic E-state index is 12.0. The molecule has 0 aromatic heterocycles. The smallest absolute Gasteiger partial charge is 0.407 e. The van der Waals surface area contributed by atoms with Crippen LogP contribution in [-0.2, 0) is 4.74 Å². The topological polar surface area (TPSA) is 69.2 Å². The molecule has 1 amide bonds. The zero-order chi connectivity index (χ0) is 21.3. The van der Waals surface area contributed by atoms with Gasteiger partial charge in [-0.1, -0.05) is 6.42 Å². The van der Waals surface area contributed by atoms with Crippen LogP contribution < -0.4 is 10.6 Å². The maximum atomic E-state index is 12.0. The monoisotopic (exact) mass is 537 g/mol. The Balaban J connectivity index is 0.00000450. The molecule has 176 valence electrons. The highest BCUT2D eigenvalue weighted by Gasteiger charge is 2.27. The minimum absolute atomic E-state index is 0. The molecule has 2 unspecified atom stereocenters. The van der Waals surface area contributed by atoms with Crippen molar-refractivity contribution >= 4 is 36.0 Å². The minimum atomic E-state index is -0.468. The van der Waals surface area contributed by atoms with Crippen molar-refractivity contribution in [2.75, 3.05) is 39.3 Å². The van der Waals surface area contributed by atoms with Crippen LogP contribution in [0.3, 0.4) is 0 Å². The lowest BCUT2D eigenvalue weighted by molar-refractivity contribution is 0.0507. The Morgan fingerprint density at radius 3 is 2.60 bits per heavy atom. The number of unbranched alkanes of at least 4 members (excludes halogenated alkanes) is 1. The first-order chi connectivity index (χ1) is 13.8. The van der Waals surface area contributed by atoms with E-state index in [1.165, 1.54) is 38.8 Å². The van der Waals surface area contributed by atoms with E-state index in [9.17, 15) is 4.79 Å². The zero-order valence-electron chi connectivity index (χ0n) is 19.7. The number of alkyl carbamates (subject to hydrolysis) is 1. The first-order valence-corrected chi connectivity index (χ1v) is 11.6. The molecular formula is C22H44IN5O2. The van der Waals surface area contributed by atoms with Gasteiger partial charge in [0, 0.05) is 32.2 Å². The zero-order valence-corrected chi connectivity index (χ0v) is 22.0. The second kappa shape index (κ2) is 13.6. The van der Waals surface area contributed by atoms with Gasteiger partial charge in [-0.25, -0.2) is 4.79 Å². The lowest BCUT2D eigenvalue weighted by Crippen LogP contribution is -2.44. The third-order valence-corrected chi connectivity index (χ3v) is 5.60. The standard InChI is InChI=1S/C22H43N5O2.HI/c1-6-23-20(24-13-8-10-15-26-14-9-7-11-18(26)2)27-16-12-19(17-27)25-21(28)29-22(3,4)5;/h18-19H,6-17H2,1-5H3,(H,23,24)(H,25,28);1H. The van der Waals surface area contributed by atoms with Crippen LogP contribution in [0.4, 0.5) is 4.79 Å². The molecule has 0 aromatic carbocycles. The lowest BCUT2D eigenvalue weighted by Gasteiger charge is -2.33. The first kappa shape index (κ1) is 27.3. The molecule has 2 atom stereocenters. The van der Waals surface area contributed by atoms with Crippen molar-refractivity contribution in [1.82, 2.24) is 20.4 Å². The number of hydrogen-bond acceptors (Lipinski definition) is 4. The molecule has 0 radical (unpaired) electrons. The van der Waals surface area contributed by atoms with E-state index >= 15 is 0 Å². The molecule has 2 aliphatic heterocycles. The number of carbonyl (C=O) groups is 1. The third-order valence-electron chi connectivity index (χ3n) is 5.60. The van der Waals surface area contributed by atoms with Gasteiger partial charge in [-0.05, 0) is 79.8 Å². The Labute approximate surface area is 200 Å². The van der Waals surface area contributed by atoms with Gasteiger partial charge in [0.15, 0.2) is 5.96 Å². The van der Waals surface area contributed by atoms with Crippen molar-refractivity contribution in [3.8, 4) is 0 Å². The van der Waals surface area contributed by atoms with Crippen molar-refractivity contribution in [3.05, 3.63) is 0 Å². The number of nitrogens with one attached hydrogen (secondary N) is 2. The van der Waals surface area contributed by atoms with Gasteiger partial charge in [0.05, 0.1) is 6.04 Å². The normalized spacial score (nSPS) is 23.1. The molecule has 2 saturated heterocycles. The number of aliphatic imine (C=N–C) groups is 1. The Morgan fingerprint density at radius 1 is 1.17 bits per heavy atom. The van der Waals surface area contributed by atoms with Gasteiger partial charge in [0.25, 0.3) is 0 Å². The summed E-state index contributed by atoms with van der Waals surface area (Å²) in [6, 6.07) is 0.845. The summed E-state index contributed by atoms with van der Waals surface area (Å²) in [5.74, 6) is 0.965. The predicted octanol–water partition coefficient (Wildman–Crippen LogP) is 3.82. The molecule has 0 bridgehead atoms. The van der Waals surface area contributed by atoms with Crippen LogP contribution in [-0.4, -0.2) is 78.8 Å². The van der Waals surface area contributed by atoms with Gasteiger partial charge in [-0.3, -0.25) is 4.99 Å². The molecule has 30 heavy (non-hydrogen) atoms. The fraction of sp³-hybridized carbons (Fsp3) is 0.909. The Hall–Kier alpha value is -0.770. The molecular weight excluding hydrogens is 493 g/mol. The summed E-state index contributed by atoms with van der Waals surface area (Å²) < 4.78 is 5.37. The second-order valence-electron chi connectivity index (χ2n) is 9.40. The van der Waals surface area contributed by atoms with E-state index in [1.54, 1.807) is 0 Å². The summed E-state index contributed by atoms with van der Waals surface area (Å²) in [6.07, 6.45) is 6.97. The number of nitrogens with zero attached hydrogens (tertiary/aromatic N) is 3. The van der Waals surface area contributed by atoms with Crippen molar-refractivity contribution in [3.63, 3.8) is 0 Å². The number of ether oxygens (including phenoxy) is 1. The summed E-state index contributed by atoms with van der Waals surface area (Å²) in [6.45, 7) is 15.9. The summed E-state index contributed by atoms with van der Waals surface area (Å²) in [5.41, 5.74) is -0.468. The summed E-state index contributed by atoms with van der Waals surface area (Å²) in [7, 11) is 0. The molecule has 2 aliphatic rings. The van der Waals surface area contributed by atoms with E-state index in [2.05, 4.69) is 34.3 Å². The van der Waals surface area contributed by atoms with Gasteiger partial charge in [-0.2, -0.15) is 0 Å². The van der Waals surface area contributed by atoms with Gasteiger partial charge in [-0.15, -0.1) is 24.0 Å². The lowest BCUT2D eigenvalue weighted by atomic mass is 10.0. The molecule has 2 rings (SSSR count). The van der Waals surface area contributed by atoms with E-state index in [4.69, 9.17) is 9.73 Å². The number of amides is 1. The molecule has 8 heteroatoms. The number of hydrogen-bond donors (Lipinski definition) is 2. The van der Waals surface area contributed by atoms with Crippen LogP contribution in [0.15, 0.2) is 4.99 Å². The number of rotatable bonds is 7. The molecule has 0 saturated carbocycles. The number of halogens is 1. The van der Waals surface area contributed by atoms with Crippen molar-refractivity contribution in [2.24, 2.45) is 4.99 Å². The Kier molecular flexibility index (Phi) is 12.4. The Bertz CT molecular complexity index is 538. The number of piperidine rings is 1. The maximum Gasteiger partial charge on any atom is 0.407 e. The van der Waals surface area contributed by atoms with E-state index in [0.29, 0.717) is 0 Å². The van der Waals surface area contributed by atoms with Gasteiger partial charge in [0.1, 0.15) is 5.60 Å². The van der Waals surface area contributed by atoms with Crippen LogP contribution in [0.1, 0.15) is 73.1 Å². The molecule has 2 N–H and O–H groups in total. The Morgan fingerprint density at radius 2 is 1.93 bits per heavy atom. The average Bonchev–Trinajstić information content (AvgIpc) is 3.08. The van der Waals surface area contributed by atoms with Crippen molar-refractivity contribution < 1.29 is 9.53 Å². The van der Waals surface area contributed by atoms with Crippen molar-refractivity contribution in [1.29, 1.82) is 0 Å². The van der Waals surface area contributed by atoms with Crippen LogP contribution >= 0.6 is 24.0 Å². The fourth-order valence-corrected chi connectivity index (χ4v) is 4.07. The van der Waals surface area contributed by atoms with E-state index < -0.39 is 5.60 Å². The van der Waals surface area contributed by atoms with Crippen molar-refractivity contribution in [2.45, 2.75) is 90.8 Å². The predicted molar refractivity (Wildman–Crippen MR) is 135 cm³/mol. The molecule has 7 nitrogen and oxygen atoms in total. The molecule has 2 fully saturated rings. The van der Waals surface area contributed by atoms with E-state index in [0.717, 1.165) is 51.0 Å². The number of carbonyl (C=O) groups excluding carboxylic acids is 1. The van der Waals surface area contributed by atoms with E-state index in [-0.39, 0.29) is 36.1 Å². The number of likely N-dealkylation sites (tertiary alicyclic amines) is 2. The molecule has 0 aromatic rings. The quantitative estimate of drug-likeness (QED) is 0.224. The summed E-state index contributed by atoms with van der Waals surface area (Å²) in [4.78, 5) is 21.7. The van der Waals surface area contributed by atoms with Crippen LogP contribution in [0.5, 0.6) is 0 Å². The first-order valence-electron chi connectivity index (χ1n) is 11.6. The van der Waals surface area contributed by atoms with Gasteiger partial charge in [0.2, 0.25) is 0 Å². The molecule has 2 heterocycles. The highest BCUT2D eigenvalue weighted by Crippen LogP contribution is 2.17. The van der Waals surface area contributed by atoms with Crippen LogP contribution in [0.25, 0.3) is 0 Å². The van der Waals surface area contributed by atoms with Gasteiger partial charge >= 0.3 is 6.09 Å². The largest absolute Gasteiger partial charge is 0.444 e. The fourth-order valence-electron chi connectivity index (χ4n) is 4.07. The van der Waals surface area contributed by atoms with Gasteiger partial charge < -0.3 is 25.2 Å². The van der Waals surface area contributed by atoms with Crippen LogP contribution in [0.2, 0.25) is 0 Å². The summed E-state index contributed by atoms with van der Waals surface area (Å²) in [5, 5.41) is 6.39. The minimum Gasteiger partial charge on any atom is -0.444 e. The second-order valence-corrected chi connectivity index (χ2v) is 9.40. The summed E-state index contributed by atoms with van der Waals surface area (Å²) >= 11 is 0. The third kappa shape index (κ3) is 10.0. The molecule has 0 aliphatic carbocycles. The average molecular weight is 538 g/mol. The number of guanidine groups is 1. The SMILES string of the molecule is CCNC(=NCCCCN1CCCCC1C)N1CCC(NC(=O)OC(C)(C)C)C1.I. The molecule has 0 spiro atoms. The van der Waals surface area contributed by atoms with E-state index in [1.807, 2.05) is 20.8 Å². The highest BCUT2D eigenvalue weighted by molar-refractivity contribution is 14.0. The highest BCUT2D eigenvalue weighted by atomic mass is 127. The van der Waals surface area contributed by atoms with Crippen LogP contribution in [0, 0.1) is 0 Å².